The molecule has 25 heavy (non-hydrogen) atoms. The van der Waals surface area contributed by atoms with Crippen LogP contribution in [0.15, 0.2) is 24.3 Å². The molecule has 2 heterocycles. The maximum atomic E-state index is 12.8. The van der Waals surface area contributed by atoms with Crippen LogP contribution in [0, 0.1) is 0 Å². The number of anilines is 1. The Bertz CT molecular complexity index is 626. The molecule has 1 aromatic carbocycles. The van der Waals surface area contributed by atoms with Crippen LogP contribution in [0.1, 0.15) is 29.6 Å². The maximum Gasteiger partial charge on any atom is 0.253 e. The fourth-order valence-corrected chi connectivity index (χ4v) is 3.42. The number of rotatable bonds is 3. The van der Waals surface area contributed by atoms with Gasteiger partial charge in [0, 0.05) is 58.1 Å². The van der Waals surface area contributed by atoms with Gasteiger partial charge in [0.05, 0.1) is 0 Å². The number of amides is 2. The summed E-state index contributed by atoms with van der Waals surface area (Å²) in [5, 5.41) is 0. The van der Waals surface area contributed by atoms with Crippen LogP contribution in [0.25, 0.3) is 0 Å². The molecule has 2 aliphatic heterocycles. The fourth-order valence-electron chi connectivity index (χ4n) is 3.42. The second-order valence-electron chi connectivity index (χ2n) is 6.92. The summed E-state index contributed by atoms with van der Waals surface area (Å²) in [6.45, 7) is 3.21. The van der Waals surface area contributed by atoms with E-state index in [1.165, 1.54) is 0 Å². The van der Waals surface area contributed by atoms with Crippen molar-refractivity contribution < 1.29 is 14.3 Å². The van der Waals surface area contributed by atoms with Crippen molar-refractivity contribution in [2.45, 2.75) is 25.4 Å². The Labute approximate surface area is 149 Å². The summed E-state index contributed by atoms with van der Waals surface area (Å²) in [5.74, 6) is 0.122. The van der Waals surface area contributed by atoms with Crippen molar-refractivity contribution in [1.82, 2.24) is 9.80 Å². The smallest absolute Gasteiger partial charge is 0.253 e. The zero-order chi connectivity index (χ0) is 17.8. The average Bonchev–Trinajstić information content (AvgIpc) is 3.05. The van der Waals surface area contributed by atoms with E-state index < -0.39 is 0 Å². The quantitative estimate of drug-likeness (QED) is 0.835. The third-order valence-electron chi connectivity index (χ3n) is 4.91. The van der Waals surface area contributed by atoms with E-state index in [9.17, 15) is 9.59 Å². The Morgan fingerprint density at radius 2 is 1.84 bits per heavy atom. The summed E-state index contributed by atoms with van der Waals surface area (Å²) in [6.07, 6.45) is 2.29. The largest absolute Gasteiger partial charge is 0.378 e. The maximum absolute atomic E-state index is 12.8. The molecule has 0 spiro atoms. The first-order valence-electron chi connectivity index (χ1n) is 9.03. The van der Waals surface area contributed by atoms with Gasteiger partial charge in [0.15, 0.2) is 0 Å². The topological polar surface area (TPSA) is 53.1 Å². The summed E-state index contributed by atoms with van der Waals surface area (Å²) in [6, 6.07) is 7.67. The van der Waals surface area contributed by atoms with Crippen molar-refractivity contribution in [3.05, 3.63) is 29.8 Å². The fraction of sp³-hybridized carbons (Fsp3) is 0.579. The summed E-state index contributed by atoms with van der Waals surface area (Å²) in [7, 11) is 3.92. The Balaban J connectivity index is 1.63. The minimum Gasteiger partial charge on any atom is -0.378 e. The molecule has 0 bridgehead atoms. The van der Waals surface area contributed by atoms with E-state index >= 15 is 0 Å². The Kier molecular flexibility index (Phi) is 5.58. The normalized spacial score (nSPS) is 21.1. The lowest BCUT2D eigenvalue weighted by atomic mass is 10.1. The molecule has 2 aliphatic rings. The van der Waals surface area contributed by atoms with Crippen molar-refractivity contribution in [2.75, 3.05) is 51.8 Å². The molecule has 0 aliphatic carbocycles. The van der Waals surface area contributed by atoms with Gasteiger partial charge >= 0.3 is 0 Å². The van der Waals surface area contributed by atoms with Crippen molar-refractivity contribution in [3.8, 4) is 0 Å². The Morgan fingerprint density at radius 3 is 2.56 bits per heavy atom. The van der Waals surface area contributed by atoms with Crippen molar-refractivity contribution in [3.63, 3.8) is 0 Å². The number of benzene rings is 1. The second-order valence-corrected chi connectivity index (χ2v) is 6.92. The van der Waals surface area contributed by atoms with Crippen LogP contribution < -0.4 is 4.90 Å². The lowest BCUT2D eigenvalue weighted by Crippen LogP contribution is -2.41. The van der Waals surface area contributed by atoms with Gasteiger partial charge < -0.3 is 19.4 Å². The van der Waals surface area contributed by atoms with E-state index in [-0.39, 0.29) is 17.9 Å². The summed E-state index contributed by atoms with van der Waals surface area (Å²) in [5.41, 5.74) is 1.71. The van der Waals surface area contributed by atoms with Gasteiger partial charge in [-0.1, -0.05) is 6.07 Å². The molecule has 0 radical (unpaired) electrons. The van der Waals surface area contributed by atoms with Gasteiger partial charge in [0.2, 0.25) is 0 Å². The molecule has 3 rings (SSSR count). The molecule has 0 aromatic heterocycles. The number of nitrogens with zero attached hydrogens (tertiary/aromatic N) is 3. The minimum atomic E-state index is -0.279. The molecule has 0 saturated carbocycles. The zero-order valence-electron chi connectivity index (χ0n) is 15.1. The van der Waals surface area contributed by atoms with E-state index in [1.807, 2.05) is 53.1 Å². The van der Waals surface area contributed by atoms with E-state index in [2.05, 4.69) is 0 Å². The van der Waals surface area contributed by atoms with Gasteiger partial charge in [-0.15, -0.1) is 0 Å². The molecule has 1 atom stereocenters. The highest BCUT2D eigenvalue weighted by molar-refractivity contribution is 5.95. The molecule has 1 aromatic rings. The lowest BCUT2D eigenvalue weighted by molar-refractivity contribution is -0.140. The molecule has 2 amide bonds. The predicted molar refractivity (Wildman–Crippen MR) is 96.8 cm³/mol. The van der Waals surface area contributed by atoms with Gasteiger partial charge in [0.1, 0.15) is 6.10 Å². The molecule has 2 fully saturated rings. The van der Waals surface area contributed by atoms with E-state index in [1.54, 1.807) is 0 Å². The molecular weight excluding hydrogens is 318 g/mol. The van der Waals surface area contributed by atoms with Crippen molar-refractivity contribution >= 4 is 17.5 Å². The number of carbonyl (C=O) groups excluding carboxylic acids is 2. The van der Waals surface area contributed by atoms with E-state index in [0.29, 0.717) is 38.3 Å². The number of ether oxygens (including phenoxy) is 1. The highest BCUT2D eigenvalue weighted by atomic mass is 16.5. The summed E-state index contributed by atoms with van der Waals surface area (Å²) in [4.78, 5) is 31.1. The van der Waals surface area contributed by atoms with Crippen LogP contribution in [0.3, 0.4) is 0 Å². The van der Waals surface area contributed by atoms with Crippen LogP contribution in [-0.4, -0.2) is 74.6 Å². The third-order valence-corrected chi connectivity index (χ3v) is 4.91. The SMILES string of the molecule is CN(C)c1cccc(C(=O)N2CCCN(C(=O)C3CCCO3)CC2)c1. The minimum absolute atomic E-state index is 0.0371. The molecule has 6 nitrogen and oxygen atoms in total. The second kappa shape index (κ2) is 7.87. The molecule has 6 heteroatoms. The van der Waals surface area contributed by atoms with Crippen molar-refractivity contribution in [1.29, 1.82) is 0 Å². The average molecular weight is 345 g/mol. The molecule has 2 saturated heterocycles. The van der Waals surface area contributed by atoms with E-state index in [0.717, 1.165) is 24.9 Å². The number of hydrogen-bond donors (Lipinski definition) is 0. The van der Waals surface area contributed by atoms with E-state index in [4.69, 9.17) is 4.74 Å². The first-order chi connectivity index (χ1) is 12.1. The predicted octanol–water partition coefficient (Wildman–Crippen LogP) is 1.61. The van der Waals surface area contributed by atoms with Crippen LogP contribution in [0.5, 0.6) is 0 Å². The summed E-state index contributed by atoms with van der Waals surface area (Å²) < 4.78 is 5.51. The zero-order valence-corrected chi connectivity index (χ0v) is 15.1. The first-order valence-corrected chi connectivity index (χ1v) is 9.03. The Morgan fingerprint density at radius 1 is 1.08 bits per heavy atom. The third kappa shape index (κ3) is 4.12. The molecular formula is C19H27N3O3. The van der Waals surface area contributed by atoms with Crippen LogP contribution in [-0.2, 0) is 9.53 Å². The standard InChI is InChI=1S/C19H27N3O3/c1-20(2)16-7-3-6-15(14-16)18(23)21-9-5-10-22(12-11-21)19(24)17-8-4-13-25-17/h3,6-7,14,17H,4-5,8-13H2,1-2H3. The van der Waals surface area contributed by atoms with Crippen LogP contribution in [0.4, 0.5) is 5.69 Å². The lowest BCUT2D eigenvalue weighted by Gasteiger charge is -2.24. The number of hydrogen-bond acceptors (Lipinski definition) is 4. The molecule has 136 valence electrons. The van der Waals surface area contributed by atoms with Gasteiger partial charge in [-0.3, -0.25) is 9.59 Å². The summed E-state index contributed by atoms with van der Waals surface area (Å²) >= 11 is 0. The van der Waals surface area contributed by atoms with Gasteiger partial charge in [-0.25, -0.2) is 0 Å². The van der Waals surface area contributed by atoms with Gasteiger partial charge in [0.25, 0.3) is 11.8 Å². The van der Waals surface area contributed by atoms with Crippen LogP contribution in [0.2, 0.25) is 0 Å². The van der Waals surface area contributed by atoms with Gasteiger partial charge in [-0.2, -0.15) is 0 Å². The number of carbonyl (C=O) groups is 2. The van der Waals surface area contributed by atoms with Gasteiger partial charge in [-0.05, 0) is 37.5 Å². The monoisotopic (exact) mass is 345 g/mol. The highest BCUT2D eigenvalue weighted by Crippen LogP contribution is 2.18. The van der Waals surface area contributed by atoms with Crippen LogP contribution >= 0.6 is 0 Å². The first kappa shape index (κ1) is 17.7. The van der Waals surface area contributed by atoms with Crippen molar-refractivity contribution in [2.24, 2.45) is 0 Å². The molecule has 0 N–H and O–H groups in total. The highest BCUT2D eigenvalue weighted by Gasteiger charge is 2.30. The Hall–Kier alpha value is -2.08. The molecule has 1 unspecified atom stereocenters.